The van der Waals surface area contributed by atoms with Crippen molar-refractivity contribution >= 4 is 0 Å². The van der Waals surface area contributed by atoms with E-state index in [9.17, 15) is 0 Å². The summed E-state index contributed by atoms with van der Waals surface area (Å²) in [5.74, 6) is 2.82. The van der Waals surface area contributed by atoms with E-state index in [1.807, 2.05) is 0 Å². The minimum atomic E-state index is 0.792. The molecular formula is C15H31N. The van der Waals surface area contributed by atoms with Crippen LogP contribution in [0.3, 0.4) is 0 Å². The molecule has 0 aliphatic heterocycles. The van der Waals surface area contributed by atoms with Crippen LogP contribution in [-0.2, 0) is 0 Å². The molecule has 1 nitrogen and oxygen atoms in total. The van der Waals surface area contributed by atoms with Gasteiger partial charge in [0.2, 0.25) is 0 Å². The van der Waals surface area contributed by atoms with Crippen LogP contribution >= 0.6 is 0 Å². The molecule has 0 heterocycles. The van der Waals surface area contributed by atoms with Crippen molar-refractivity contribution in [2.75, 3.05) is 6.54 Å². The van der Waals surface area contributed by atoms with Gasteiger partial charge in [-0.2, -0.15) is 0 Å². The number of rotatable bonds is 6. The van der Waals surface area contributed by atoms with Gasteiger partial charge in [0.25, 0.3) is 0 Å². The molecule has 0 aromatic carbocycles. The van der Waals surface area contributed by atoms with Crippen molar-refractivity contribution in [3.05, 3.63) is 0 Å². The summed E-state index contributed by atoms with van der Waals surface area (Å²) >= 11 is 0. The third-order valence-electron chi connectivity index (χ3n) is 4.46. The predicted octanol–water partition coefficient (Wildman–Crippen LogP) is 4.23. The first kappa shape index (κ1) is 14.0. The van der Waals surface area contributed by atoms with Gasteiger partial charge >= 0.3 is 0 Å². The Labute approximate surface area is 102 Å². The Hall–Kier alpha value is -0.0400. The van der Waals surface area contributed by atoms with Gasteiger partial charge in [0, 0.05) is 6.04 Å². The zero-order chi connectivity index (χ0) is 12.0. The first-order chi connectivity index (χ1) is 7.69. The largest absolute Gasteiger partial charge is 0.314 e. The van der Waals surface area contributed by atoms with E-state index in [0.29, 0.717) is 0 Å². The molecule has 4 atom stereocenters. The molecule has 1 N–H and O–H groups in total. The average molecular weight is 225 g/mol. The van der Waals surface area contributed by atoms with Crippen molar-refractivity contribution in [3.8, 4) is 0 Å². The lowest BCUT2D eigenvalue weighted by atomic mass is 9.72. The molecule has 0 aromatic heterocycles. The molecule has 4 unspecified atom stereocenters. The Morgan fingerprint density at radius 2 is 1.81 bits per heavy atom. The maximum atomic E-state index is 3.78. The minimum Gasteiger partial charge on any atom is -0.314 e. The SMILES string of the molecule is CCCNC(CCC)C1CCC(C)C(C)C1. The number of hydrogen-bond donors (Lipinski definition) is 1. The van der Waals surface area contributed by atoms with Gasteiger partial charge in [-0.3, -0.25) is 0 Å². The van der Waals surface area contributed by atoms with Gasteiger partial charge in [0.15, 0.2) is 0 Å². The molecule has 16 heavy (non-hydrogen) atoms. The zero-order valence-corrected chi connectivity index (χ0v) is 11.8. The van der Waals surface area contributed by atoms with E-state index in [2.05, 4.69) is 33.0 Å². The highest BCUT2D eigenvalue weighted by atomic mass is 14.9. The number of nitrogens with one attached hydrogen (secondary N) is 1. The van der Waals surface area contributed by atoms with Crippen LogP contribution in [0.25, 0.3) is 0 Å². The summed E-state index contributed by atoms with van der Waals surface area (Å²) in [6, 6.07) is 0.792. The van der Waals surface area contributed by atoms with E-state index in [-0.39, 0.29) is 0 Å². The summed E-state index contributed by atoms with van der Waals surface area (Å²) in [5.41, 5.74) is 0. The molecule has 0 amide bonds. The zero-order valence-electron chi connectivity index (χ0n) is 11.8. The maximum absolute atomic E-state index is 3.78. The molecule has 1 aliphatic rings. The van der Waals surface area contributed by atoms with Gasteiger partial charge in [-0.1, -0.05) is 40.5 Å². The quantitative estimate of drug-likeness (QED) is 0.713. The highest BCUT2D eigenvalue weighted by Gasteiger charge is 2.29. The molecule has 96 valence electrons. The van der Waals surface area contributed by atoms with Crippen molar-refractivity contribution in [2.45, 2.75) is 72.3 Å². The molecule has 0 aromatic rings. The van der Waals surface area contributed by atoms with Gasteiger partial charge in [-0.25, -0.2) is 0 Å². The molecule has 0 bridgehead atoms. The van der Waals surface area contributed by atoms with Crippen LogP contribution in [0.4, 0.5) is 0 Å². The third kappa shape index (κ3) is 4.08. The Kier molecular flexibility index (Phi) is 6.41. The van der Waals surface area contributed by atoms with E-state index in [1.165, 1.54) is 45.1 Å². The van der Waals surface area contributed by atoms with Crippen LogP contribution in [-0.4, -0.2) is 12.6 Å². The Morgan fingerprint density at radius 1 is 1.06 bits per heavy atom. The number of hydrogen-bond acceptors (Lipinski definition) is 1. The lowest BCUT2D eigenvalue weighted by molar-refractivity contribution is 0.166. The van der Waals surface area contributed by atoms with E-state index >= 15 is 0 Å². The van der Waals surface area contributed by atoms with Crippen LogP contribution in [0.15, 0.2) is 0 Å². The highest BCUT2D eigenvalue weighted by molar-refractivity contribution is 4.83. The summed E-state index contributed by atoms with van der Waals surface area (Å²) < 4.78 is 0. The highest BCUT2D eigenvalue weighted by Crippen LogP contribution is 2.35. The fourth-order valence-corrected chi connectivity index (χ4v) is 3.10. The van der Waals surface area contributed by atoms with Gasteiger partial charge in [-0.15, -0.1) is 0 Å². The first-order valence-electron chi connectivity index (χ1n) is 7.42. The van der Waals surface area contributed by atoms with Crippen molar-refractivity contribution < 1.29 is 0 Å². The van der Waals surface area contributed by atoms with Crippen molar-refractivity contribution in [1.82, 2.24) is 5.32 Å². The van der Waals surface area contributed by atoms with Crippen LogP contribution in [0.5, 0.6) is 0 Å². The topological polar surface area (TPSA) is 12.0 Å². The lowest BCUT2D eigenvalue weighted by Crippen LogP contribution is -2.40. The fourth-order valence-electron chi connectivity index (χ4n) is 3.10. The molecule has 1 heteroatoms. The molecule has 0 radical (unpaired) electrons. The molecule has 1 rings (SSSR count). The molecule has 1 fully saturated rings. The van der Waals surface area contributed by atoms with Crippen molar-refractivity contribution in [1.29, 1.82) is 0 Å². The monoisotopic (exact) mass is 225 g/mol. The minimum absolute atomic E-state index is 0.792. The average Bonchev–Trinajstić information content (AvgIpc) is 2.28. The van der Waals surface area contributed by atoms with Gasteiger partial charge in [0.05, 0.1) is 0 Å². The van der Waals surface area contributed by atoms with Crippen LogP contribution in [0.2, 0.25) is 0 Å². The normalized spacial score (nSPS) is 32.6. The fraction of sp³-hybridized carbons (Fsp3) is 1.00. The van der Waals surface area contributed by atoms with Gasteiger partial charge in [-0.05, 0) is 50.0 Å². The van der Waals surface area contributed by atoms with Crippen molar-refractivity contribution in [3.63, 3.8) is 0 Å². The van der Waals surface area contributed by atoms with E-state index in [4.69, 9.17) is 0 Å². The van der Waals surface area contributed by atoms with Gasteiger partial charge < -0.3 is 5.32 Å². The summed E-state index contributed by atoms with van der Waals surface area (Å²) in [5, 5.41) is 3.78. The molecule has 1 saturated carbocycles. The van der Waals surface area contributed by atoms with E-state index in [1.54, 1.807) is 0 Å². The third-order valence-corrected chi connectivity index (χ3v) is 4.46. The van der Waals surface area contributed by atoms with Gasteiger partial charge in [0.1, 0.15) is 0 Å². The second-order valence-corrected chi connectivity index (χ2v) is 5.88. The predicted molar refractivity (Wildman–Crippen MR) is 72.7 cm³/mol. The van der Waals surface area contributed by atoms with Crippen LogP contribution < -0.4 is 5.32 Å². The standard InChI is InChI=1S/C15H31N/c1-5-7-15(16-10-6-2)14-9-8-12(3)13(4)11-14/h12-16H,5-11H2,1-4H3. The molecule has 0 saturated heterocycles. The summed E-state index contributed by atoms with van der Waals surface area (Å²) in [7, 11) is 0. The van der Waals surface area contributed by atoms with Crippen molar-refractivity contribution in [2.24, 2.45) is 17.8 Å². The van der Waals surface area contributed by atoms with Crippen LogP contribution in [0.1, 0.15) is 66.2 Å². The Balaban J connectivity index is 2.43. The van der Waals surface area contributed by atoms with E-state index < -0.39 is 0 Å². The maximum Gasteiger partial charge on any atom is 0.00953 e. The molecule has 1 aliphatic carbocycles. The molecular weight excluding hydrogens is 194 g/mol. The molecule has 0 spiro atoms. The summed E-state index contributed by atoms with van der Waals surface area (Å²) in [4.78, 5) is 0. The lowest BCUT2D eigenvalue weighted by Gasteiger charge is -2.37. The Morgan fingerprint density at radius 3 is 2.38 bits per heavy atom. The second-order valence-electron chi connectivity index (χ2n) is 5.88. The first-order valence-corrected chi connectivity index (χ1v) is 7.42. The summed E-state index contributed by atoms with van der Waals surface area (Å²) in [6.07, 6.45) is 8.29. The van der Waals surface area contributed by atoms with Crippen LogP contribution in [0, 0.1) is 17.8 Å². The summed E-state index contributed by atoms with van der Waals surface area (Å²) in [6.45, 7) is 10.6. The second kappa shape index (κ2) is 7.32. The Bertz CT molecular complexity index is 176. The smallest absolute Gasteiger partial charge is 0.00953 e. The van der Waals surface area contributed by atoms with E-state index in [0.717, 1.165) is 23.8 Å².